The summed E-state index contributed by atoms with van der Waals surface area (Å²) in [6.07, 6.45) is 5.05. The van der Waals surface area contributed by atoms with Crippen LogP contribution in [0.3, 0.4) is 0 Å². The zero-order valence-corrected chi connectivity index (χ0v) is 32.6. The highest BCUT2D eigenvalue weighted by Crippen LogP contribution is 2.49. The van der Waals surface area contributed by atoms with Crippen molar-refractivity contribution in [2.75, 3.05) is 24.5 Å². The summed E-state index contributed by atoms with van der Waals surface area (Å²) < 4.78 is 7.87. The molecule has 0 bridgehead atoms. The number of rotatable bonds is 9. The quantitative estimate of drug-likeness (QED) is 0.137. The average Bonchev–Trinajstić information content (AvgIpc) is 3.56. The highest BCUT2D eigenvalue weighted by atomic mass is 16.6. The first kappa shape index (κ1) is 35.8. The smallest absolute Gasteiger partial charge is 0.410 e. The van der Waals surface area contributed by atoms with E-state index >= 15 is 0 Å². The molecule has 1 saturated carbocycles. The Balaban J connectivity index is 1.09. The first-order valence-corrected chi connectivity index (χ1v) is 20.3. The van der Waals surface area contributed by atoms with E-state index in [4.69, 9.17) is 14.8 Å². The Kier molecular flexibility index (Phi) is 8.73. The lowest BCUT2D eigenvalue weighted by Gasteiger charge is -2.37. The number of likely N-dealkylation sites (tertiary alicyclic amines) is 1. The van der Waals surface area contributed by atoms with Crippen LogP contribution in [0.4, 0.5) is 10.5 Å². The number of carbonyl (C=O) groups excluding carboxylic acids is 2. The van der Waals surface area contributed by atoms with E-state index in [1.807, 2.05) is 41.4 Å². The van der Waals surface area contributed by atoms with Crippen LogP contribution in [0.2, 0.25) is 0 Å². The van der Waals surface area contributed by atoms with Gasteiger partial charge in [-0.05, 0) is 78.3 Å². The van der Waals surface area contributed by atoms with Crippen molar-refractivity contribution in [2.45, 2.75) is 50.2 Å². The van der Waals surface area contributed by atoms with E-state index in [1.54, 1.807) is 4.90 Å². The molecule has 2 aromatic heterocycles. The van der Waals surface area contributed by atoms with Crippen LogP contribution in [0.25, 0.3) is 22.2 Å². The fourth-order valence-electron chi connectivity index (χ4n) is 9.28. The largest absolute Gasteiger partial charge is 0.445 e. The number of ether oxygens (including phenoxy) is 1. The van der Waals surface area contributed by atoms with Gasteiger partial charge in [0.2, 0.25) is 5.91 Å². The van der Waals surface area contributed by atoms with E-state index in [0.717, 1.165) is 68.6 Å². The van der Waals surface area contributed by atoms with Gasteiger partial charge in [0.05, 0.1) is 10.9 Å². The molecule has 10 rings (SSSR count). The predicted octanol–water partition coefficient (Wildman–Crippen LogP) is 9.76. The summed E-state index contributed by atoms with van der Waals surface area (Å²) >= 11 is 0. The number of anilines is 1. The van der Waals surface area contributed by atoms with E-state index in [9.17, 15) is 9.59 Å². The van der Waals surface area contributed by atoms with Crippen LogP contribution < -0.4 is 4.90 Å². The molecular weight excluding hydrogens is 719 g/mol. The van der Waals surface area contributed by atoms with Crippen LogP contribution in [0.15, 0.2) is 158 Å². The molecule has 8 heteroatoms. The molecule has 58 heavy (non-hydrogen) atoms. The van der Waals surface area contributed by atoms with Crippen molar-refractivity contribution in [3.05, 3.63) is 186 Å². The van der Waals surface area contributed by atoms with Crippen molar-refractivity contribution in [1.82, 2.24) is 19.7 Å². The highest BCUT2D eigenvalue weighted by Gasteiger charge is 2.52. The van der Waals surface area contributed by atoms with Crippen LogP contribution in [0.1, 0.15) is 60.6 Å². The van der Waals surface area contributed by atoms with Crippen LogP contribution >= 0.6 is 0 Å². The van der Waals surface area contributed by atoms with Gasteiger partial charge in [-0.25, -0.2) is 9.48 Å². The molecule has 5 aromatic carbocycles. The third-order valence-corrected chi connectivity index (χ3v) is 12.8. The molecule has 1 atom stereocenters. The molecule has 2 saturated heterocycles. The minimum atomic E-state index is -0.837. The summed E-state index contributed by atoms with van der Waals surface area (Å²) in [6.45, 7) is 3.90. The average molecular weight is 764 g/mol. The molecule has 0 N–H and O–H groups in total. The van der Waals surface area contributed by atoms with E-state index in [2.05, 4.69) is 133 Å². The SMILES string of the molecule is CC1(c2cc(-c3nn(C(c4ccccc4)(c4ccccc4)c4ccccc4)c4ccc(N5CC[C@]6(CCN(C(=O)OCc7ccccc7)C6)C5=O)cc34)ccn2)CC1. The Hall–Kier alpha value is -6.54. The Morgan fingerprint density at radius 3 is 1.95 bits per heavy atom. The van der Waals surface area contributed by atoms with Gasteiger partial charge < -0.3 is 14.5 Å². The van der Waals surface area contributed by atoms with Crippen LogP contribution in [0, 0.1) is 5.41 Å². The van der Waals surface area contributed by atoms with Gasteiger partial charge in [0.25, 0.3) is 0 Å². The Morgan fingerprint density at radius 1 is 0.724 bits per heavy atom. The van der Waals surface area contributed by atoms with Crippen molar-refractivity contribution < 1.29 is 14.3 Å². The van der Waals surface area contributed by atoms with E-state index < -0.39 is 11.0 Å². The third-order valence-electron chi connectivity index (χ3n) is 12.8. The van der Waals surface area contributed by atoms with Gasteiger partial charge in [-0.3, -0.25) is 9.78 Å². The third kappa shape index (κ3) is 5.97. The second kappa shape index (κ2) is 14.1. The summed E-state index contributed by atoms with van der Waals surface area (Å²) in [5.41, 5.74) is 7.45. The van der Waals surface area contributed by atoms with Crippen LogP contribution in [0.5, 0.6) is 0 Å². The molecular formula is C50H45N5O3. The number of hydrogen-bond acceptors (Lipinski definition) is 5. The van der Waals surface area contributed by atoms with E-state index in [0.29, 0.717) is 32.5 Å². The first-order valence-electron chi connectivity index (χ1n) is 20.3. The summed E-state index contributed by atoms with van der Waals surface area (Å²) in [7, 11) is 0. The fraction of sp³-hybridized carbons (Fsp3) is 0.240. The molecule has 2 amide bonds. The number of amides is 2. The number of carbonyl (C=O) groups is 2. The summed E-state index contributed by atoms with van der Waals surface area (Å²) in [6, 6.07) is 52.1. The molecule has 1 spiro atoms. The minimum Gasteiger partial charge on any atom is -0.445 e. The number of nitrogens with zero attached hydrogens (tertiary/aromatic N) is 5. The minimum absolute atomic E-state index is 0.0548. The molecule has 3 fully saturated rings. The van der Waals surface area contributed by atoms with Crippen molar-refractivity contribution >= 4 is 28.6 Å². The molecule has 1 aliphatic carbocycles. The highest BCUT2D eigenvalue weighted by molar-refractivity contribution is 6.04. The Bertz CT molecular complexity index is 2530. The summed E-state index contributed by atoms with van der Waals surface area (Å²) in [4.78, 5) is 36.2. The number of fused-ring (bicyclic) bond motifs is 1. The molecule has 8 nitrogen and oxygen atoms in total. The van der Waals surface area contributed by atoms with Crippen LogP contribution in [-0.2, 0) is 27.1 Å². The molecule has 288 valence electrons. The number of aromatic nitrogens is 3. The first-order chi connectivity index (χ1) is 28.4. The number of pyridine rings is 1. The zero-order valence-electron chi connectivity index (χ0n) is 32.6. The maximum absolute atomic E-state index is 14.6. The van der Waals surface area contributed by atoms with Gasteiger partial charge in [0.1, 0.15) is 17.8 Å². The Morgan fingerprint density at radius 2 is 1.33 bits per heavy atom. The van der Waals surface area contributed by atoms with Gasteiger partial charge >= 0.3 is 6.09 Å². The topological polar surface area (TPSA) is 80.6 Å². The van der Waals surface area contributed by atoms with Crippen molar-refractivity contribution in [1.29, 1.82) is 0 Å². The molecule has 4 heterocycles. The molecule has 3 aliphatic rings. The van der Waals surface area contributed by atoms with Crippen molar-refractivity contribution in [2.24, 2.45) is 5.41 Å². The van der Waals surface area contributed by atoms with Gasteiger partial charge in [0, 0.05) is 53.6 Å². The van der Waals surface area contributed by atoms with E-state index in [1.165, 1.54) is 0 Å². The van der Waals surface area contributed by atoms with Gasteiger partial charge in [-0.2, -0.15) is 5.10 Å². The maximum Gasteiger partial charge on any atom is 0.410 e. The fourth-order valence-corrected chi connectivity index (χ4v) is 9.28. The lowest BCUT2D eigenvalue weighted by atomic mass is 9.77. The summed E-state index contributed by atoms with van der Waals surface area (Å²) in [5, 5.41) is 6.61. The predicted molar refractivity (Wildman–Crippen MR) is 226 cm³/mol. The molecule has 0 radical (unpaired) electrons. The maximum atomic E-state index is 14.6. The molecule has 0 unspecified atom stereocenters. The number of benzene rings is 5. The van der Waals surface area contributed by atoms with Gasteiger partial charge in [-0.15, -0.1) is 0 Å². The standard InChI is InChI=1S/C50H45N5O3/c1-48(25-26-48)44-32-37(24-29-51-44)45-42-33-41(54-31-28-49(46(54)56)27-30-53(35-49)47(57)58-34-36-14-6-2-7-15-36)22-23-43(42)55(52-45)50(38-16-8-3-9-17-38,39-18-10-4-11-19-39)40-20-12-5-13-21-40/h2-24,29,32-33H,25-28,30-31,34-35H2,1H3/t49-/m0/s1. The molecule has 7 aromatic rings. The second-order valence-corrected chi connectivity index (χ2v) is 16.5. The van der Waals surface area contributed by atoms with E-state index in [-0.39, 0.29) is 24.0 Å². The lowest BCUT2D eigenvalue weighted by Crippen LogP contribution is -2.39. The monoisotopic (exact) mass is 763 g/mol. The lowest BCUT2D eigenvalue weighted by molar-refractivity contribution is -0.124. The normalized spacial score (nSPS) is 18.6. The van der Waals surface area contributed by atoms with Gasteiger partial charge in [0.15, 0.2) is 0 Å². The second-order valence-electron chi connectivity index (χ2n) is 16.5. The summed E-state index contributed by atoms with van der Waals surface area (Å²) in [5.74, 6) is 0.0548. The van der Waals surface area contributed by atoms with Crippen LogP contribution in [-0.4, -0.2) is 51.3 Å². The van der Waals surface area contributed by atoms with Crippen molar-refractivity contribution in [3.63, 3.8) is 0 Å². The number of hydrogen-bond donors (Lipinski definition) is 0. The van der Waals surface area contributed by atoms with Gasteiger partial charge in [-0.1, -0.05) is 128 Å². The van der Waals surface area contributed by atoms with Crippen molar-refractivity contribution in [3.8, 4) is 11.3 Å². The zero-order chi connectivity index (χ0) is 39.3. The molecule has 2 aliphatic heterocycles. The Labute approximate surface area is 338 Å².